The minimum Gasteiger partial charge on any atom is -0.493 e. The number of aromatic nitrogens is 5. The van der Waals surface area contributed by atoms with Gasteiger partial charge in [-0.25, -0.2) is 9.07 Å². The second-order valence-corrected chi connectivity index (χ2v) is 7.00. The molecule has 0 aliphatic rings. The molecule has 9 nitrogen and oxygen atoms in total. The molecule has 4 aromatic rings. The predicted molar refractivity (Wildman–Crippen MR) is 108 cm³/mol. The Labute approximate surface area is 175 Å². The lowest BCUT2D eigenvalue weighted by atomic mass is 10.2. The molecule has 0 fully saturated rings. The van der Waals surface area contributed by atoms with Crippen LogP contribution in [0.5, 0.6) is 11.5 Å². The first-order valence-electron chi connectivity index (χ1n) is 8.73. The third kappa shape index (κ3) is 3.92. The number of rotatable bonds is 7. The molecular weight excluding hydrogens is 411 g/mol. The van der Waals surface area contributed by atoms with Gasteiger partial charge in [0.15, 0.2) is 17.3 Å². The smallest absolute Gasteiger partial charge is 0.237 e. The first kappa shape index (κ1) is 19.7. The first-order valence-corrected chi connectivity index (χ1v) is 9.72. The molecule has 30 heavy (non-hydrogen) atoms. The fourth-order valence-electron chi connectivity index (χ4n) is 2.70. The molecule has 4 rings (SSSR count). The molecule has 0 aliphatic carbocycles. The standard InChI is InChI=1S/C19H17FN6O3S/c1-27-14-8-5-12(9-15(14)28-2)17-22-16(29-25-17)10-30-19-24-23-18(26(19)21)11-3-6-13(20)7-4-11/h3-9H,10,21H2,1-2H3. The molecule has 11 heteroatoms. The molecule has 0 radical (unpaired) electrons. The Bertz CT molecular complexity index is 1160. The molecule has 0 unspecified atom stereocenters. The molecule has 154 valence electrons. The van der Waals surface area contributed by atoms with Gasteiger partial charge in [-0.05, 0) is 42.5 Å². The van der Waals surface area contributed by atoms with Crippen molar-refractivity contribution in [2.24, 2.45) is 0 Å². The molecule has 0 atom stereocenters. The molecule has 2 aromatic heterocycles. The second-order valence-electron chi connectivity index (χ2n) is 6.05. The van der Waals surface area contributed by atoms with Gasteiger partial charge in [0, 0.05) is 11.1 Å². The maximum atomic E-state index is 13.1. The monoisotopic (exact) mass is 428 g/mol. The topological polar surface area (TPSA) is 114 Å². The Balaban J connectivity index is 1.47. The van der Waals surface area contributed by atoms with Crippen LogP contribution in [0, 0.1) is 5.82 Å². The number of nitrogens with zero attached hydrogens (tertiary/aromatic N) is 5. The molecule has 0 saturated heterocycles. The van der Waals surface area contributed by atoms with Gasteiger partial charge < -0.3 is 19.8 Å². The van der Waals surface area contributed by atoms with E-state index in [9.17, 15) is 4.39 Å². The summed E-state index contributed by atoms with van der Waals surface area (Å²) in [6, 6.07) is 11.2. The van der Waals surface area contributed by atoms with Crippen LogP contribution < -0.4 is 15.3 Å². The van der Waals surface area contributed by atoms with Crippen LogP contribution >= 0.6 is 11.8 Å². The van der Waals surface area contributed by atoms with Gasteiger partial charge in [-0.15, -0.1) is 10.2 Å². The van der Waals surface area contributed by atoms with Gasteiger partial charge in [0.2, 0.25) is 16.9 Å². The lowest BCUT2D eigenvalue weighted by molar-refractivity contribution is 0.355. The fourth-order valence-corrected chi connectivity index (χ4v) is 3.40. The number of hydrogen-bond acceptors (Lipinski definition) is 9. The Morgan fingerprint density at radius 1 is 1.03 bits per heavy atom. The summed E-state index contributed by atoms with van der Waals surface area (Å²) in [6.45, 7) is 0. The van der Waals surface area contributed by atoms with Crippen molar-refractivity contribution in [3.05, 3.63) is 54.2 Å². The molecular formula is C19H17FN6O3S. The molecule has 2 N–H and O–H groups in total. The van der Waals surface area contributed by atoms with Crippen LogP contribution in [-0.4, -0.2) is 39.2 Å². The Morgan fingerprint density at radius 3 is 2.50 bits per heavy atom. The highest BCUT2D eigenvalue weighted by molar-refractivity contribution is 7.98. The minimum absolute atomic E-state index is 0.335. The van der Waals surface area contributed by atoms with E-state index in [1.165, 1.54) is 28.6 Å². The quantitative estimate of drug-likeness (QED) is 0.350. The van der Waals surface area contributed by atoms with E-state index in [-0.39, 0.29) is 5.82 Å². The van der Waals surface area contributed by atoms with E-state index in [1.807, 2.05) is 6.07 Å². The number of thioether (sulfide) groups is 1. The number of methoxy groups -OCH3 is 2. The van der Waals surface area contributed by atoms with E-state index < -0.39 is 0 Å². The van der Waals surface area contributed by atoms with Crippen molar-refractivity contribution < 1.29 is 18.4 Å². The zero-order valence-corrected chi connectivity index (χ0v) is 16.9. The molecule has 0 spiro atoms. The highest BCUT2D eigenvalue weighted by Gasteiger charge is 2.16. The van der Waals surface area contributed by atoms with Crippen molar-refractivity contribution in [2.45, 2.75) is 10.9 Å². The number of nitrogen functional groups attached to an aromatic ring is 1. The van der Waals surface area contributed by atoms with E-state index in [0.29, 0.717) is 45.5 Å². The number of halogens is 1. The van der Waals surface area contributed by atoms with Crippen molar-refractivity contribution in [3.63, 3.8) is 0 Å². The number of ether oxygens (including phenoxy) is 2. The third-order valence-electron chi connectivity index (χ3n) is 4.20. The van der Waals surface area contributed by atoms with Crippen LogP contribution in [-0.2, 0) is 5.75 Å². The second kappa shape index (κ2) is 8.41. The fraction of sp³-hybridized carbons (Fsp3) is 0.158. The maximum Gasteiger partial charge on any atom is 0.237 e. The lowest BCUT2D eigenvalue weighted by Gasteiger charge is -2.07. The Morgan fingerprint density at radius 2 is 1.77 bits per heavy atom. The molecule has 0 amide bonds. The van der Waals surface area contributed by atoms with Crippen LogP contribution in [0.2, 0.25) is 0 Å². The van der Waals surface area contributed by atoms with Crippen molar-refractivity contribution in [3.8, 4) is 34.3 Å². The SMILES string of the molecule is COc1ccc(-c2noc(CSc3nnc(-c4ccc(F)cc4)n3N)n2)cc1OC. The maximum absolute atomic E-state index is 13.1. The van der Waals surface area contributed by atoms with E-state index in [1.54, 1.807) is 38.5 Å². The average molecular weight is 428 g/mol. The summed E-state index contributed by atoms with van der Waals surface area (Å²) in [5.74, 6) is 8.52. The van der Waals surface area contributed by atoms with E-state index in [2.05, 4.69) is 20.3 Å². The van der Waals surface area contributed by atoms with Crippen molar-refractivity contribution in [1.29, 1.82) is 0 Å². The molecule has 0 aliphatic heterocycles. The van der Waals surface area contributed by atoms with Gasteiger partial charge in [0.25, 0.3) is 0 Å². The van der Waals surface area contributed by atoms with Crippen LogP contribution in [0.15, 0.2) is 52.1 Å². The van der Waals surface area contributed by atoms with Crippen LogP contribution in [0.4, 0.5) is 4.39 Å². The summed E-state index contributed by atoms with van der Waals surface area (Å²) >= 11 is 1.29. The van der Waals surface area contributed by atoms with Gasteiger partial charge in [0.1, 0.15) is 5.82 Å². The van der Waals surface area contributed by atoms with Gasteiger partial charge in [-0.1, -0.05) is 16.9 Å². The van der Waals surface area contributed by atoms with Gasteiger partial charge >= 0.3 is 0 Å². The zero-order valence-electron chi connectivity index (χ0n) is 16.1. The van der Waals surface area contributed by atoms with E-state index in [0.717, 1.165) is 5.56 Å². The van der Waals surface area contributed by atoms with Crippen molar-refractivity contribution in [2.75, 3.05) is 20.1 Å². The summed E-state index contributed by atoms with van der Waals surface area (Å²) < 4.78 is 30.3. The lowest BCUT2D eigenvalue weighted by Crippen LogP contribution is -2.11. The van der Waals surface area contributed by atoms with E-state index >= 15 is 0 Å². The minimum atomic E-state index is -0.335. The van der Waals surface area contributed by atoms with Crippen LogP contribution in [0.3, 0.4) is 0 Å². The number of nitrogens with two attached hydrogens (primary N) is 1. The predicted octanol–water partition coefficient (Wildman–Crippen LogP) is 3.16. The van der Waals surface area contributed by atoms with Crippen LogP contribution in [0.25, 0.3) is 22.8 Å². The molecule has 0 saturated carbocycles. The van der Waals surface area contributed by atoms with Gasteiger partial charge in [-0.2, -0.15) is 4.98 Å². The molecule has 2 heterocycles. The van der Waals surface area contributed by atoms with Crippen molar-refractivity contribution >= 4 is 11.8 Å². The average Bonchev–Trinajstić information content (AvgIpc) is 3.39. The first-order chi connectivity index (χ1) is 14.6. The van der Waals surface area contributed by atoms with Crippen LogP contribution in [0.1, 0.15) is 5.89 Å². The summed E-state index contributed by atoms with van der Waals surface area (Å²) in [5, 5.41) is 12.6. The number of hydrogen-bond donors (Lipinski definition) is 1. The third-order valence-corrected chi connectivity index (χ3v) is 5.13. The highest BCUT2D eigenvalue weighted by Crippen LogP contribution is 2.31. The normalized spacial score (nSPS) is 10.9. The number of benzene rings is 2. The Hall–Kier alpha value is -3.60. The van der Waals surface area contributed by atoms with Gasteiger partial charge in [0.05, 0.1) is 20.0 Å². The van der Waals surface area contributed by atoms with E-state index in [4.69, 9.17) is 19.8 Å². The largest absolute Gasteiger partial charge is 0.493 e. The highest BCUT2D eigenvalue weighted by atomic mass is 32.2. The van der Waals surface area contributed by atoms with Gasteiger partial charge in [-0.3, -0.25) is 0 Å². The Kier molecular flexibility index (Phi) is 5.53. The summed E-state index contributed by atoms with van der Waals surface area (Å²) in [4.78, 5) is 4.40. The summed E-state index contributed by atoms with van der Waals surface area (Å²) in [7, 11) is 3.13. The molecule has 0 bridgehead atoms. The zero-order chi connectivity index (χ0) is 21.1. The summed E-state index contributed by atoms with van der Waals surface area (Å²) in [6.07, 6.45) is 0. The molecule has 2 aromatic carbocycles. The summed E-state index contributed by atoms with van der Waals surface area (Å²) in [5.41, 5.74) is 1.39. The van der Waals surface area contributed by atoms with Crippen molar-refractivity contribution in [1.82, 2.24) is 25.0 Å².